The van der Waals surface area contributed by atoms with Crippen LogP contribution in [-0.4, -0.2) is 180 Å². The van der Waals surface area contributed by atoms with Crippen molar-refractivity contribution in [2.75, 3.05) is 49.3 Å². The van der Waals surface area contributed by atoms with E-state index in [9.17, 15) is 73.2 Å². The van der Waals surface area contributed by atoms with Gasteiger partial charge in [-0.25, -0.2) is 28.6 Å². The molecule has 0 saturated carbocycles. The monoisotopic (exact) mass is 1020 g/mol. The van der Waals surface area contributed by atoms with Gasteiger partial charge in [-0.1, -0.05) is 25.6 Å². The second-order valence-corrected chi connectivity index (χ2v) is 21.2. The number of hydrogen-bond acceptors (Lipinski definition) is 24. The van der Waals surface area contributed by atoms with Crippen LogP contribution in [0.25, 0.3) is 11.2 Å². The van der Waals surface area contributed by atoms with Crippen LogP contribution in [-0.2, 0) is 55.4 Å². The Morgan fingerprint density at radius 1 is 0.938 bits per heavy atom. The van der Waals surface area contributed by atoms with Crippen LogP contribution in [0.1, 0.15) is 32.9 Å². The van der Waals surface area contributed by atoms with Crippen LogP contribution in [0.5, 0.6) is 0 Å². The van der Waals surface area contributed by atoms with Crippen molar-refractivity contribution in [1.29, 1.82) is 0 Å². The summed E-state index contributed by atoms with van der Waals surface area (Å²) in [5.74, 6) is -0.705. The van der Waals surface area contributed by atoms with Crippen LogP contribution < -0.4 is 22.1 Å². The summed E-state index contributed by atoms with van der Waals surface area (Å²) in [6.07, 6.45) is -11.7. The summed E-state index contributed by atoms with van der Waals surface area (Å²) in [5.41, 5.74) is 10.1. The Morgan fingerprint density at radius 2 is 1.62 bits per heavy atom. The maximum Gasteiger partial charge on any atom is 0.481 e. The average Bonchev–Trinajstić information content (AvgIpc) is 3.84. The topological polar surface area (TPSA) is 460 Å². The number of amides is 2. The number of hydrogen-bond donors (Lipinski definition) is 13. The molecule has 2 saturated heterocycles. The molecule has 0 bridgehead atoms. The number of nitrogen functional groups attached to an aromatic ring is 1. The number of rotatable bonds is 25. The van der Waals surface area contributed by atoms with Crippen LogP contribution >= 0.6 is 47.0 Å². The van der Waals surface area contributed by atoms with Gasteiger partial charge in [0.05, 0.1) is 31.7 Å². The SMILES string of the molecule is CC(C)(COP(=O)(O)OP(=O)(O)OCC1OC(n2cnc3c(N)ncnc32)C(O)C1OP(=O)(O)O)C(O)C(=O)NCCC(=O)NCCSC(=O)C(N)CCSCC1OC(O)C(O)C1O. The van der Waals surface area contributed by atoms with E-state index in [2.05, 4.69) is 34.4 Å². The Labute approximate surface area is 371 Å². The molecule has 2 aliphatic heterocycles. The smallest absolute Gasteiger partial charge is 0.387 e. The molecule has 2 aromatic heterocycles. The molecule has 4 heterocycles. The Hall–Kier alpha value is -2.29. The maximum atomic E-state index is 12.7. The van der Waals surface area contributed by atoms with Gasteiger partial charge in [-0.2, -0.15) is 16.1 Å². The first-order chi connectivity index (χ1) is 29.7. The van der Waals surface area contributed by atoms with E-state index in [-0.39, 0.29) is 53.1 Å². The third kappa shape index (κ3) is 15.6. The van der Waals surface area contributed by atoms with Crippen molar-refractivity contribution in [2.24, 2.45) is 11.1 Å². The molecule has 2 aliphatic rings. The zero-order valence-electron chi connectivity index (χ0n) is 33.8. The lowest BCUT2D eigenvalue weighted by Crippen LogP contribution is -2.46. The zero-order valence-corrected chi connectivity index (χ0v) is 38.1. The van der Waals surface area contributed by atoms with E-state index in [1.165, 1.54) is 25.6 Å². The highest BCUT2D eigenvalue weighted by atomic mass is 32.2. The predicted molar refractivity (Wildman–Crippen MR) is 220 cm³/mol. The van der Waals surface area contributed by atoms with Crippen molar-refractivity contribution in [2.45, 2.75) is 88.0 Å². The lowest BCUT2D eigenvalue weighted by Gasteiger charge is -2.30. The fourth-order valence-corrected chi connectivity index (χ4v) is 10.4. The molecule has 364 valence electrons. The van der Waals surface area contributed by atoms with Crippen LogP contribution in [0.2, 0.25) is 0 Å². The molecule has 0 spiro atoms. The minimum absolute atomic E-state index is 0.0163. The number of phosphoric acid groups is 3. The van der Waals surface area contributed by atoms with Gasteiger partial charge in [0.2, 0.25) is 16.9 Å². The van der Waals surface area contributed by atoms with Crippen molar-refractivity contribution in [3.8, 4) is 0 Å². The average molecular weight is 1020 g/mol. The quantitative estimate of drug-likeness (QED) is 0.0340. The molecule has 15 N–H and O–H groups in total. The van der Waals surface area contributed by atoms with Crippen LogP contribution in [0.15, 0.2) is 12.7 Å². The fraction of sp³-hybridized carbons (Fsp3) is 0.733. The zero-order chi connectivity index (χ0) is 47.8. The number of imidazole rings is 1. The van der Waals surface area contributed by atoms with Gasteiger partial charge in [0.1, 0.15) is 48.5 Å². The summed E-state index contributed by atoms with van der Waals surface area (Å²) in [5, 5.41) is 54.8. The summed E-state index contributed by atoms with van der Waals surface area (Å²) in [6.45, 7) is 0.191. The molecule has 4 rings (SSSR count). The summed E-state index contributed by atoms with van der Waals surface area (Å²) in [7, 11) is -16.5. The molecule has 0 aromatic carbocycles. The molecular weight excluding hydrogens is 965 g/mol. The number of thioether (sulfide) groups is 2. The lowest BCUT2D eigenvalue weighted by atomic mass is 9.87. The van der Waals surface area contributed by atoms with Gasteiger partial charge in [-0.05, 0) is 12.2 Å². The van der Waals surface area contributed by atoms with Crippen molar-refractivity contribution in [1.82, 2.24) is 30.2 Å². The van der Waals surface area contributed by atoms with E-state index in [0.29, 0.717) is 12.2 Å². The molecule has 0 radical (unpaired) electrons. The third-order valence-corrected chi connectivity index (χ3v) is 14.4. The Balaban J connectivity index is 1.15. The maximum absolute atomic E-state index is 12.7. The summed E-state index contributed by atoms with van der Waals surface area (Å²) in [6, 6.07) is -0.809. The molecule has 29 nitrogen and oxygen atoms in total. The first kappa shape index (κ1) is 54.3. The number of carbonyl (C=O) groups is 3. The number of carbonyl (C=O) groups excluding carboxylic acids is 3. The van der Waals surface area contributed by atoms with Crippen molar-refractivity contribution < 1.29 is 101 Å². The Kier molecular flexibility index (Phi) is 19.6. The van der Waals surface area contributed by atoms with E-state index in [4.69, 9.17) is 30.0 Å². The number of nitrogens with zero attached hydrogens (tertiary/aromatic N) is 4. The van der Waals surface area contributed by atoms with E-state index in [1.54, 1.807) is 0 Å². The number of ether oxygens (including phenoxy) is 2. The normalized spacial score (nSPS) is 26.9. The van der Waals surface area contributed by atoms with Gasteiger partial charge in [-0.15, -0.1) is 0 Å². The standard InChI is InChI=1S/C30H51N8O21P3S2/c1-30(2,23(43)26(44)34-5-3-17(39)33-6-8-64-29(46)14(31)4-7-63-10-16-19(40)20(41)28(45)57-16)11-55-62(52,53)59-61(50,51)54-9-15-22(58-60(47,48)49)21(42)27(56-15)38-13-37-18-24(32)35-12-36-25(18)38/h12-16,19-23,27-28,40-43,45H,3-11,31H2,1-2H3,(H,33,39)(H,34,44)(H,50,51)(H,52,53)(H2,32,35,36)(H2,47,48,49). The minimum atomic E-state index is -5.60. The number of phosphoric ester groups is 3. The lowest BCUT2D eigenvalue weighted by molar-refractivity contribution is -0.137. The van der Waals surface area contributed by atoms with Gasteiger partial charge >= 0.3 is 23.5 Å². The molecule has 12 atom stereocenters. The van der Waals surface area contributed by atoms with Crippen LogP contribution in [0.4, 0.5) is 5.82 Å². The van der Waals surface area contributed by atoms with Gasteiger partial charge in [-0.3, -0.25) is 32.5 Å². The summed E-state index contributed by atoms with van der Waals surface area (Å²) < 4.78 is 67.3. The highest BCUT2D eigenvalue weighted by Crippen LogP contribution is 2.61. The van der Waals surface area contributed by atoms with Crippen LogP contribution in [0, 0.1) is 5.41 Å². The first-order valence-corrected chi connectivity index (χ1v) is 25.5. The van der Waals surface area contributed by atoms with E-state index >= 15 is 0 Å². The van der Waals surface area contributed by atoms with Gasteiger partial charge in [0, 0.05) is 36.4 Å². The molecule has 64 heavy (non-hydrogen) atoms. The Morgan fingerprint density at radius 3 is 2.28 bits per heavy atom. The number of fused-ring (bicyclic) bond motifs is 1. The second kappa shape index (κ2) is 23.1. The molecule has 0 aliphatic carbocycles. The first-order valence-electron chi connectivity index (χ1n) is 18.8. The second-order valence-electron chi connectivity index (χ2n) is 14.8. The Bertz CT molecular complexity index is 2070. The number of aliphatic hydroxyl groups excluding tert-OH is 5. The van der Waals surface area contributed by atoms with E-state index in [1.807, 2.05) is 0 Å². The van der Waals surface area contributed by atoms with Crippen molar-refractivity contribution >= 4 is 80.9 Å². The van der Waals surface area contributed by atoms with E-state index < -0.39 is 115 Å². The molecule has 2 amide bonds. The van der Waals surface area contributed by atoms with Crippen LogP contribution in [0.3, 0.4) is 0 Å². The number of aromatic nitrogens is 4. The summed E-state index contributed by atoms with van der Waals surface area (Å²) in [4.78, 5) is 88.2. The highest BCUT2D eigenvalue weighted by Gasteiger charge is 2.50. The molecule has 34 heteroatoms. The van der Waals surface area contributed by atoms with E-state index in [0.717, 1.165) is 29.0 Å². The molecule has 2 fully saturated rings. The largest absolute Gasteiger partial charge is 0.481 e. The number of aliphatic hydroxyl groups is 5. The van der Waals surface area contributed by atoms with Crippen molar-refractivity contribution in [3.05, 3.63) is 12.7 Å². The predicted octanol–water partition coefficient (Wildman–Crippen LogP) is -3.45. The number of anilines is 1. The van der Waals surface area contributed by atoms with Crippen molar-refractivity contribution in [3.63, 3.8) is 0 Å². The third-order valence-electron chi connectivity index (χ3n) is 9.24. The highest BCUT2D eigenvalue weighted by molar-refractivity contribution is 8.13. The molecular formula is C30H51N8O21P3S2. The minimum Gasteiger partial charge on any atom is -0.387 e. The molecule has 12 unspecified atom stereocenters. The van der Waals surface area contributed by atoms with Gasteiger partial charge in [0.15, 0.2) is 24.0 Å². The van der Waals surface area contributed by atoms with Gasteiger partial charge in [0.25, 0.3) is 0 Å². The molecule has 2 aromatic rings. The van der Waals surface area contributed by atoms with Gasteiger partial charge < -0.3 is 76.7 Å². The fourth-order valence-electron chi connectivity index (χ4n) is 5.78. The number of nitrogens with one attached hydrogen (secondary N) is 2. The summed E-state index contributed by atoms with van der Waals surface area (Å²) >= 11 is 2.22. The number of nitrogens with two attached hydrogens (primary N) is 2.